The lowest BCUT2D eigenvalue weighted by molar-refractivity contribution is -0.138. The van der Waals surface area contributed by atoms with E-state index in [9.17, 15) is 9.59 Å². The lowest BCUT2D eigenvalue weighted by atomic mass is 10.1. The predicted octanol–water partition coefficient (Wildman–Crippen LogP) is 2.60. The van der Waals surface area contributed by atoms with Crippen LogP contribution in [0.4, 0.5) is 0 Å². The molecular formula is C30H67BO13. The highest BCUT2D eigenvalue weighted by Crippen LogP contribution is 2.11. The fourth-order valence-electron chi connectivity index (χ4n) is 3.29. The van der Waals surface area contributed by atoms with E-state index in [4.69, 9.17) is 55.9 Å². The van der Waals surface area contributed by atoms with Gasteiger partial charge in [0.1, 0.15) is 12.2 Å². The molecular weight excluding hydrogens is 579 g/mol. The van der Waals surface area contributed by atoms with E-state index in [0.29, 0.717) is 12.8 Å². The van der Waals surface area contributed by atoms with Gasteiger partial charge in [0.25, 0.3) is 0 Å². The number of rotatable bonds is 24. The Labute approximate surface area is 265 Å². The largest absolute Gasteiger partial charge is 0.631 e. The molecule has 0 atom stereocenters. The molecule has 0 amide bonds. The Morgan fingerprint density at radius 2 is 0.636 bits per heavy atom. The molecule has 0 aromatic heterocycles. The van der Waals surface area contributed by atoms with E-state index in [0.717, 1.165) is 25.7 Å². The normalized spacial score (nSPS) is 9.93. The van der Waals surface area contributed by atoms with Crippen LogP contribution in [0.15, 0.2) is 0 Å². The van der Waals surface area contributed by atoms with Gasteiger partial charge in [0.15, 0.2) is 0 Å². The fraction of sp³-hybridized carbons (Fsp3) is 0.933. The van der Waals surface area contributed by atoms with Crippen LogP contribution in [0.1, 0.15) is 142 Å². The molecule has 44 heavy (non-hydrogen) atoms. The third-order valence-electron chi connectivity index (χ3n) is 5.83. The zero-order valence-electron chi connectivity index (χ0n) is 27.4. The topological polar surface area (TPSA) is 257 Å². The zero-order valence-corrected chi connectivity index (χ0v) is 27.4. The number of carboxylic acids is 2. The first-order valence-corrected chi connectivity index (χ1v) is 16.2. The van der Waals surface area contributed by atoms with Crippen molar-refractivity contribution in [3.63, 3.8) is 0 Å². The molecule has 13 nitrogen and oxygen atoms in total. The molecule has 0 bridgehead atoms. The standard InChI is InChI=1S/2C12H24O2.2C3H8O3.BH3O3/c2*1-2-3-4-5-6-7-8-9-10-11-12(13)14;2*4-1-3(6)2-5;2-1(3)4/h2*2-11H2,1H3,(H,13,14);2*3-6H,1-2H2;2-4H. The number of carboxylic acid groups (broad SMARTS) is 2. The number of hydrogen-bond acceptors (Lipinski definition) is 11. The van der Waals surface area contributed by atoms with Crippen molar-refractivity contribution in [1.29, 1.82) is 0 Å². The minimum Gasteiger partial charge on any atom is -0.481 e. The average Bonchev–Trinajstić information content (AvgIpc) is 2.99. The van der Waals surface area contributed by atoms with Crippen LogP contribution < -0.4 is 0 Å². The lowest BCUT2D eigenvalue weighted by Gasteiger charge is -2.00. The van der Waals surface area contributed by atoms with Crippen molar-refractivity contribution in [2.24, 2.45) is 0 Å². The SMILES string of the molecule is CCCCCCCCCCCC(=O)O.CCCCCCCCCCCC(=O)O.OB(O)O.OCC(O)CO.OCC(O)CO. The second-order valence-corrected chi connectivity index (χ2v) is 10.3. The number of unbranched alkanes of at least 4 members (excludes halogenated alkanes) is 16. The highest BCUT2D eigenvalue weighted by Gasteiger charge is 1.98. The monoisotopic (exact) mass is 646 g/mol. The van der Waals surface area contributed by atoms with Gasteiger partial charge in [0.05, 0.1) is 26.4 Å². The molecule has 268 valence electrons. The average molecular weight is 647 g/mol. The highest BCUT2D eigenvalue weighted by molar-refractivity contribution is 6.30. The maximum atomic E-state index is 10.2. The van der Waals surface area contributed by atoms with Crippen molar-refractivity contribution < 1.29 is 65.5 Å². The quantitative estimate of drug-likeness (QED) is 0.0533. The van der Waals surface area contributed by atoms with Crippen molar-refractivity contribution in [3.8, 4) is 0 Å². The predicted molar refractivity (Wildman–Crippen MR) is 172 cm³/mol. The molecule has 0 aliphatic heterocycles. The lowest BCUT2D eigenvalue weighted by Crippen LogP contribution is -2.15. The minimum atomic E-state index is -2.17. The van der Waals surface area contributed by atoms with Crippen LogP contribution in [0.2, 0.25) is 0 Å². The van der Waals surface area contributed by atoms with Crippen LogP contribution in [0.3, 0.4) is 0 Å². The first-order chi connectivity index (χ1) is 20.9. The first-order valence-electron chi connectivity index (χ1n) is 16.2. The van der Waals surface area contributed by atoms with Gasteiger partial charge in [-0.1, -0.05) is 117 Å². The molecule has 0 heterocycles. The van der Waals surface area contributed by atoms with E-state index in [-0.39, 0.29) is 26.4 Å². The number of carbonyl (C=O) groups is 2. The van der Waals surface area contributed by atoms with Gasteiger partial charge in [0, 0.05) is 12.8 Å². The van der Waals surface area contributed by atoms with Gasteiger partial charge in [-0.3, -0.25) is 9.59 Å². The Morgan fingerprint density at radius 1 is 0.455 bits per heavy atom. The smallest absolute Gasteiger partial charge is 0.481 e. The Kier molecular flexibility index (Phi) is 57.6. The van der Waals surface area contributed by atoms with Gasteiger partial charge in [-0.25, -0.2) is 0 Å². The fourth-order valence-corrected chi connectivity index (χ4v) is 3.29. The molecule has 0 rings (SSSR count). The highest BCUT2D eigenvalue weighted by atomic mass is 16.5. The van der Waals surface area contributed by atoms with E-state index >= 15 is 0 Å². The number of aliphatic hydroxyl groups is 6. The summed E-state index contributed by atoms with van der Waals surface area (Å²) in [6.07, 6.45) is 21.0. The van der Waals surface area contributed by atoms with Crippen molar-refractivity contribution in [1.82, 2.24) is 0 Å². The van der Waals surface area contributed by atoms with Crippen LogP contribution in [0.25, 0.3) is 0 Å². The van der Waals surface area contributed by atoms with Gasteiger partial charge >= 0.3 is 19.3 Å². The van der Waals surface area contributed by atoms with Crippen molar-refractivity contribution in [2.45, 2.75) is 154 Å². The summed E-state index contributed by atoms with van der Waals surface area (Å²) < 4.78 is 0. The molecule has 0 fully saturated rings. The molecule has 0 radical (unpaired) electrons. The number of hydrogen-bond donors (Lipinski definition) is 11. The van der Waals surface area contributed by atoms with Gasteiger partial charge in [-0.05, 0) is 12.8 Å². The van der Waals surface area contributed by atoms with Crippen LogP contribution in [0.5, 0.6) is 0 Å². The van der Waals surface area contributed by atoms with E-state index < -0.39 is 31.5 Å². The Balaban J connectivity index is -0.000000157. The molecule has 0 saturated carbocycles. The van der Waals surface area contributed by atoms with Crippen LogP contribution in [-0.2, 0) is 9.59 Å². The summed E-state index contributed by atoms with van der Waals surface area (Å²) in [5.74, 6) is -1.32. The van der Waals surface area contributed by atoms with Crippen LogP contribution in [-0.4, -0.2) is 114 Å². The maximum absolute atomic E-state index is 10.2. The first kappa shape index (κ1) is 52.2. The Morgan fingerprint density at radius 3 is 0.773 bits per heavy atom. The molecule has 0 unspecified atom stereocenters. The Hall–Kier alpha value is -1.36. The summed E-state index contributed by atoms with van der Waals surface area (Å²) in [5, 5.41) is 86.4. The van der Waals surface area contributed by atoms with Crippen molar-refractivity contribution >= 4 is 19.3 Å². The second kappa shape index (κ2) is 48.5. The number of aliphatic carboxylic acids is 2. The van der Waals surface area contributed by atoms with Gasteiger partial charge in [-0.15, -0.1) is 0 Å². The van der Waals surface area contributed by atoms with Crippen LogP contribution >= 0.6 is 0 Å². The van der Waals surface area contributed by atoms with E-state index in [1.807, 2.05) is 0 Å². The third kappa shape index (κ3) is 77.9. The minimum absolute atomic E-state index is 0.343. The van der Waals surface area contributed by atoms with Crippen molar-refractivity contribution in [2.75, 3.05) is 26.4 Å². The summed E-state index contributed by atoms with van der Waals surface area (Å²) in [6, 6.07) is 0. The van der Waals surface area contributed by atoms with Gasteiger partial charge in [-0.2, -0.15) is 0 Å². The van der Waals surface area contributed by atoms with Crippen molar-refractivity contribution in [3.05, 3.63) is 0 Å². The molecule has 14 heteroatoms. The summed E-state index contributed by atoms with van der Waals surface area (Å²) in [7, 11) is -2.17. The molecule has 0 aromatic carbocycles. The molecule has 0 aliphatic carbocycles. The van der Waals surface area contributed by atoms with E-state index in [2.05, 4.69) is 13.8 Å². The zero-order chi connectivity index (χ0) is 34.9. The summed E-state index contributed by atoms with van der Waals surface area (Å²) >= 11 is 0. The maximum Gasteiger partial charge on any atom is 0.631 e. The summed E-state index contributed by atoms with van der Waals surface area (Å²) in [5.41, 5.74) is 0. The van der Waals surface area contributed by atoms with Gasteiger partial charge in [0.2, 0.25) is 0 Å². The molecule has 0 spiro atoms. The van der Waals surface area contributed by atoms with E-state index in [1.54, 1.807) is 0 Å². The van der Waals surface area contributed by atoms with Gasteiger partial charge < -0.3 is 55.9 Å². The molecule has 0 saturated heterocycles. The molecule has 0 aliphatic rings. The van der Waals surface area contributed by atoms with Crippen LogP contribution in [0, 0.1) is 0 Å². The second-order valence-electron chi connectivity index (χ2n) is 10.3. The summed E-state index contributed by atoms with van der Waals surface area (Å²) in [6.45, 7) is 3.00. The Bertz CT molecular complexity index is 476. The third-order valence-corrected chi connectivity index (χ3v) is 5.83. The molecule has 0 aromatic rings. The van der Waals surface area contributed by atoms with E-state index in [1.165, 1.54) is 89.9 Å². The summed E-state index contributed by atoms with van der Waals surface area (Å²) in [4.78, 5) is 20.4. The number of aliphatic hydroxyl groups excluding tert-OH is 6. The molecule has 11 N–H and O–H groups in total.